The van der Waals surface area contributed by atoms with Crippen molar-refractivity contribution in [3.8, 4) is 28.7 Å². The van der Waals surface area contributed by atoms with Crippen LogP contribution in [0.3, 0.4) is 0 Å². The maximum absolute atomic E-state index is 13.5. The van der Waals surface area contributed by atoms with E-state index < -0.39 is 16.1 Å². The molecule has 0 aliphatic rings. The van der Waals surface area contributed by atoms with Crippen LogP contribution in [0.25, 0.3) is 10.8 Å². The van der Waals surface area contributed by atoms with Gasteiger partial charge in [0.2, 0.25) is 10.0 Å². The summed E-state index contributed by atoms with van der Waals surface area (Å²) in [7, 11) is -0.683. The fourth-order valence-electron chi connectivity index (χ4n) is 6.06. The van der Waals surface area contributed by atoms with Crippen LogP contribution in [0.1, 0.15) is 32.1 Å². The Kier molecular flexibility index (Phi) is 14.0. The fraction of sp³-hybridized carbons (Fsp3) is 0.279. The molecule has 2 aromatic heterocycles. The number of aromatic nitrogens is 2. The molecule has 2 heterocycles. The lowest BCUT2D eigenvalue weighted by molar-refractivity contribution is 0.0242. The molecule has 6 aromatic rings. The van der Waals surface area contributed by atoms with E-state index in [9.17, 15) is 18.0 Å². The van der Waals surface area contributed by atoms with Crippen LogP contribution in [-0.2, 0) is 31.5 Å². The maximum atomic E-state index is 13.5. The summed E-state index contributed by atoms with van der Waals surface area (Å²) in [6, 6.07) is 24.0. The number of hydrogen-bond acceptors (Lipinski definition) is 13. The number of nitrogens with one attached hydrogen (secondary N) is 5. The van der Waals surface area contributed by atoms with Crippen molar-refractivity contribution in [1.82, 2.24) is 10.1 Å². The zero-order valence-electron chi connectivity index (χ0n) is 34.5. The Hall–Kier alpha value is -6.76. The van der Waals surface area contributed by atoms with Gasteiger partial charge in [-0.1, -0.05) is 45.0 Å². The standard InChI is InChI=1S/C43H48N6O11S/c1-43(2,3)27-19-36(41(55-5)37(20-27)49-61(6,52)53)47-42(51)46-35-11-12-38(34-10-8-7-9-33(34)35)59-29-13-14-44-39(24-29)45-28-21-30(54-4)23-31(22-28)58-18-17-56-15-16-57-26-32-25-40(50)48-60-32/h7-14,19-25,49H,15-18,26H2,1-6H3,(H,44,45)(H,48,50)(H2,46,47,51). The van der Waals surface area contributed by atoms with E-state index >= 15 is 0 Å². The topological polar surface area (TPSA) is 214 Å². The van der Waals surface area contributed by atoms with E-state index in [-0.39, 0.29) is 41.3 Å². The van der Waals surface area contributed by atoms with E-state index in [2.05, 4.69) is 30.8 Å². The molecule has 17 nitrogen and oxygen atoms in total. The predicted octanol–water partition coefficient (Wildman–Crippen LogP) is 7.99. The summed E-state index contributed by atoms with van der Waals surface area (Å²) >= 11 is 0. The van der Waals surface area contributed by atoms with Crippen LogP contribution in [-0.4, -0.2) is 71.5 Å². The number of ether oxygens (including phenoxy) is 6. The number of sulfonamides is 1. The quantitative estimate of drug-likeness (QED) is 0.0489. The number of carbonyl (C=O) groups excluding carboxylic acids is 1. The molecule has 0 radical (unpaired) electrons. The van der Waals surface area contributed by atoms with Gasteiger partial charge < -0.3 is 48.9 Å². The van der Waals surface area contributed by atoms with Crippen LogP contribution in [0.2, 0.25) is 0 Å². The normalized spacial score (nSPS) is 11.5. The molecule has 5 N–H and O–H groups in total. The van der Waals surface area contributed by atoms with Crippen LogP contribution >= 0.6 is 0 Å². The SMILES string of the molecule is COc1cc(Nc2cc(Oc3ccc(NC(=O)Nc4cc(C(C)(C)C)cc(NS(C)(=O)=O)c4OC)c4ccccc34)ccn2)cc(OCCOCCOCc2cc(=O)[nH]o2)c1. The third-order valence-electron chi connectivity index (χ3n) is 8.87. The Balaban J connectivity index is 1.10. The van der Waals surface area contributed by atoms with Gasteiger partial charge >= 0.3 is 6.03 Å². The number of aromatic amines is 1. The number of amides is 2. The van der Waals surface area contributed by atoms with Gasteiger partial charge in [0.05, 0.1) is 57.4 Å². The highest BCUT2D eigenvalue weighted by atomic mass is 32.2. The van der Waals surface area contributed by atoms with Crippen molar-refractivity contribution < 1.29 is 46.2 Å². The van der Waals surface area contributed by atoms with Crippen LogP contribution in [0.15, 0.2) is 100 Å². The van der Waals surface area contributed by atoms with Gasteiger partial charge in [0.1, 0.15) is 42.0 Å². The molecular weight excluding hydrogens is 809 g/mol. The van der Waals surface area contributed by atoms with E-state index in [1.54, 1.807) is 61.8 Å². The molecule has 6 rings (SSSR count). The van der Waals surface area contributed by atoms with Crippen LogP contribution in [0.5, 0.6) is 28.7 Å². The average Bonchev–Trinajstić information content (AvgIpc) is 3.63. The number of rotatable bonds is 19. The van der Waals surface area contributed by atoms with Gasteiger partial charge in [-0.05, 0) is 41.3 Å². The predicted molar refractivity (Wildman–Crippen MR) is 233 cm³/mol. The smallest absolute Gasteiger partial charge is 0.323 e. The summed E-state index contributed by atoms with van der Waals surface area (Å²) in [5.41, 5.74) is 1.75. The molecular formula is C43H48N6O11S. The first kappa shape index (κ1) is 43.8. The summed E-state index contributed by atoms with van der Waals surface area (Å²) in [5.74, 6) is 3.24. The minimum Gasteiger partial charge on any atom is -0.497 e. The van der Waals surface area contributed by atoms with Crippen molar-refractivity contribution in [2.45, 2.75) is 32.8 Å². The van der Waals surface area contributed by atoms with Gasteiger partial charge in [-0.3, -0.25) is 9.52 Å². The third kappa shape index (κ3) is 12.4. The Morgan fingerprint density at radius 1 is 0.787 bits per heavy atom. The highest BCUT2D eigenvalue weighted by Gasteiger charge is 2.23. The second-order valence-electron chi connectivity index (χ2n) is 14.7. The monoisotopic (exact) mass is 856 g/mol. The van der Waals surface area contributed by atoms with Crippen LogP contribution in [0.4, 0.5) is 33.4 Å². The lowest BCUT2D eigenvalue weighted by atomic mass is 9.86. The summed E-state index contributed by atoms with van der Waals surface area (Å²) < 4.78 is 66.2. The van der Waals surface area contributed by atoms with Gasteiger partial charge in [-0.25, -0.2) is 18.2 Å². The van der Waals surface area contributed by atoms with Crippen molar-refractivity contribution in [3.63, 3.8) is 0 Å². The first-order valence-corrected chi connectivity index (χ1v) is 20.9. The van der Waals surface area contributed by atoms with Gasteiger partial charge in [-0.15, -0.1) is 0 Å². The molecule has 0 atom stereocenters. The molecule has 0 aliphatic carbocycles. The number of benzene rings is 4. The average molecular weight is 857 g/mol. The molecule has 0 saturated carbocycles. The van der Waals surface area contributed by atoms with Crippen LogP contribution in [0, 0.1) is 0 Å². The summed E-state index contributed by atoms with van der Waals surface area (Å²) in [5, 5.41) is 12.7. The van der Waals surface area contributed by atoms with E-state index in [0.29, 0.717) is 71.2 Å². The minimum atomic E-state index is -3.65. The van der Waals surface area contributed by atoms with Gasteiger partial charge in [0.15, 0.2) is 11.5 Å². The van der Waals surface area contributed by atoms with Crippen molar-refractivity contribution in [3.05, 3.63) is 113 Å². The van der Waals surface area contributed by atoms with E-state index in [1.807, 2.05) is 51.1 Å². The van der Waals surface area contributed by atoms with Gasteiger partial charge in [0, 0.05) is 53.0 Å². The lowest BCUT2D eigenvalue weighted by Gasteiger charge is -2.24. The molecule has 0 fully saturated rings. The Morgan fingerprint density at radius 2 is 1.51 bits per heavy atom. The number of fused-ring (bicyclic) bond motifs is 1. The number of methoxy groups -OCH3 is 2. The number of pyridine rings is 1. The van der Waals surface area contributed by atoms with E-state index in [1.165, 1.54) is 13.2 Å². The molecule has 322 valence electrons. The number of H-pyrrole nitrogens is 1. The third-order valence-corrected chi connectivity index (χ3v) is 9.46. The molecule has 18 heteroatoms. The molecule has 4 aromatic carbocycles. The Labute approximate surface area is 352 Å². The number of anilines is 5. The molecule has 2 amide bonds. The van der Waals surface area contributed by atoms with Crippen molar-refractivity contribution in [2.75, 3.05) is 67.6 Å². The first-order chi connectivity index (χ1) is 29.2. The van der Waals surface area contributed by atoms with E-state index in [0.717, 1.165) is 17.2 Å². The zero-order chi connectivity index (χ0) is 43.6. The number of nitrogens with zero attached hydrogens (tertiary/aromatic N) is 1. The molecule has 0 spiro atoms. The second-order valence-corrected chi connectivity index (χ2v) is 16.4. The number of carbonyl (C=O) groups is 1. The maximum Gasteiger partial charge on any atom is 0.323 e. The van der Waals surface area contributed by atoms with Gasteiger partial charge in [0.25, 0.3) is 5.56 Å². The van der Waals surface area contributed by atoms with Crippen LogP contribution < -0.4 is 45.2 Å². The highest BCUT2D eigenvalue weighted by molar-refractivity contribution is 7.92. The molecule has 61 heavy (non-hydrogen) atoms. The van der Waals surface area contributed by atoms with Crippen molar-refractivity contribution in [1.29, 1.82) is 0 Å². The molecule has 0 bridgehead atoms. The zero-order valence-corrected chi connectivity index (χ0v) is 35.4. The Morgan fingerprint density at radius 3 is 2.23 bits per heavy atom. The number of urea groups is 1. The minimum absolute atomic E-state index is 0.164. The highest BCUT2D eigenvalue weighted by Crippen LogP contribution is 2.40. The van der Waals surface area contributed by atoms with E-state index in [4.69, 9.17) is 32.9 Å². The van der Waals surface area contributed by atoms with Gasteiger partial charge in [-0.2, -0.15) is 5.16 Å². The molecule has 0 saturated heterocycles. The fourth-order valence-corrected chi connectivity index (χ4v) is 6.61. The summed E-state index contributed by atoms with van der Waals surface area (Å²) in [6.45, 7) is 7.35. The Bertz CT molecular complexity index is 2640. The lowest BCUT2D eigenvalue weighted by Crippen LogP contribution is -2.22. The molecule has 0 aliphatic heterocycles. The summed E-state index contributed by atoms with van der Waals surface area (Å²) in [6.07, 6.45) is 2.67. The summed E-state index contributed by atoms with van der Waals surface area (Å²) in [4.78, 5) is 29.1. The number of hydrogen-bond donors (Lipinski definition) is 5. The second kappa shape index (κ2) is 19.5. The van der Waals surface area contributed by atoms with Crippen molar-refractivity contribution >= 4 is 55.4 Å². The first-order valence-electron chi connectivity index (χ1n) is 19.0. The van der Waals surface area contributed by atoms with Crippen molar-refractivity contribution in [2.24, 2.45) is 0 Å². The largest absolute Gasteiger partial charge is 0.497 e. The molecule has 0 unspecified atom stereocenters.